The van der Waals surface area contributed by atoms with Gasteiger partial charge in [-0.1, -0.05) is 27.7 Å². The first-order valence-electron chi connectivity index (χ1n) is 11.6. The molecule has 5 rings (SSSR count). The fourth-order valence-corrected chi connectivity index (χ4v) is 7.71. The fourth-order valence-electron chi connectivity index (χ4n) is 7.71. The van der Waals surface area contributed by atoms with Crippen LogP contribution in [0.15, 0.2) is 46.0 Å². The van der Waals surface area contributed by atoms with Gasteiger partial charge in [0.05, 0.1) is 24.5 Å². The molecule has 1 aromatic rings. The maximum absolute atomic E-state index is 13.7. The Bertz CT molecular complexity index is 1160. The van der Waals surface area contributed by atoms with Crippen LogP contribution in [0.5, 0.6) is 0 Å². The number of rotatable bonds is 3. The molecule has 0 radical (unpaired) electrons. The minimum atomic E-state index is -1.62. The summed E-state index contributed by atoms with van der Waals surface area (Å²) in [4.78, 5) is 38.3. The molecule has 2 fully saturated rings. The van der Waals surface area contributed by atoms with E-state index in [4.69, 9.17) is 9.15 Å². The Morgan fingerprint density at radius 3 is 2.53 bits per heavy atom. The van der Waals surface area contributed by atoms with Crippen LogP contribution >= 0.6 is 0 Å². The van der Waals surface area contributed by atoms with Crippen LogP contribution < -0.4 is 0 Å². The predicted octanol–water partition coefficient (Wildman–Crippen LogP) is 3.87. The molecule has 1 aromatic heterocycles. The number of carbonyl (C=O) groups is 3. The van der Waals surface area contributed by atoms with Gasteiger partial charge in [-0.3, -0.25) is 9.59 Å². The second-order valence-electron chi connectivity index (χ2n) is 11.4. The minimum absolute atomic E-state index is 0.122. The van der Waals surface area contributed by atoms with Crippen molar-refractivity contribution in [2.24, 2.45) is 28.1 Å². The Morgan fingerprint density at radius 2 is 1.91 bits per heavy atom. The first-order valence-corrected chi connectivity index (χ1v) is 11.6. The van der Waals surface area contributed by atoms with E-state index in [-0.39, 0.29) is 30.0 Å². The van der Waals surface area contributed by atoms with Gasteiger partial charge in [0, 0.05) is 45.8 Å². The molecule has 182 valence electrons. The van der Waals surface area contributed by atoms with Gasteiger partial charge >= 0.3 is 11.9 Å². The number of furan rings is 1. The number of carboxylic acids is 1. The van der Waals surface area contributed by atoms with Crippen molar-refractivity contribution in [3.05, 3.63) is 47.1 Å². The zero-order valence-corrected chi connectivity index (χ0v) is 19.8. The number of carbonyl (C=O) groups excluding carboxylic acids is 2. The van der Waals surface area contributed by atoms with Crippen LogP contribution in [0.4, 0.5) is 0 Å². The van der Waals surface area contributed by atoms with E-state index < -0.39 is 51.7 Å². The lowest BCUT2D eigenvalue weighted by Gasteiger charge is -2.64. The zero-order chi connectivity index (χ0) is 24.8. The number of carboxylic acid groups (broad SMARTS) is 1. The van der Waals surface area contributed by atoms with E-state index in [1.807, 2.05) is 6.92 Å². The van der Waals surface area contributed by atoms with Crippen LogP contribution in [-0.4, -0.2) is 38.6 Å². The number of ether oxygens (including phenoxy) is 1. The van der Waals surface area contributed by atoms with Crippen LogP contribution in [0.2, 0.25) is 0 Å². The molecular weight excluding hydrogens is 440 g/mol. The highest BCUT2D eigenvalue weighted by Crippen LogP contribution is 2.69. The van der Waals surface area contributed by atoms with Gasteiger partial charge in [0.15, 0.2) is 5.78 Å². The standard InChI is InChI=1S/C26H30O8/c1-23(2)16(9-18(27)28)25(4)15-5-7-24(3)17(26(15,32)11-14(20(23)30)21(25)31)10-19(29)34-22(24)13-6-8-33-12-13/h6,8,10,12,15-16,22,30,32H,5,7,9,11H2,1-4H3,(H,27,28)/t15-,16-,22-,24+,25-,26-/m0/s1. The lowest BCUT2D eigenvalue weighted by molar-refractivity contribution is -0.185. The van der Waals surface area contributed by atoms with Crippen LogP contribution in [0.25, 0.3) is 0 Å². The molecule has 0 unspecified atom stereocenters. The highest BCUT2D eigenvalue weighted by atomic mass is 16.5. The third-order valence-electron chi connectivity index (χ3n) is 9.33. The summed E-state index contributed by atoms with van der Waals surface area (Å²) < 4.78 is 10.9. The first kappa shape index (κ1) is 22.9. The quantitative estimate of drug-likeness (QED) is 0.567. The molecule has 3 aliphatic carbocycles. The molecule has 2 heterocycles. The number of aliphatic hydroxyl groups excluding tert-OH is 1. The van der Waals surface area contributed by atoms with E-state index in [1.54, 1.807) is 26.8 Å². The van der Waals surface area contributed by atoms with Gasteiger partial charge in [-0.15, -0.1) is 0 Å². The number of allylic oxidation sites excluding steroid dienone is 1. The molecule has 8 heteroatoms. The van der Waals surface area contributed by atoms with Gasteiger partial charge < -0.3 is 24.5 Å². The maximum atomic E-state index is 13.7. The van der Waals surface area contributed by atoms with Gasteiger partial charge in [-0.25, -0.2) is 4.79 Å². The van der Waals surface area contributed by atoms with Crippen molar-refractivity contribution in [1.29, 1.82) is 0 Å². The summed E-state index contributed by atoms with van der Waals surface area (Å²) in [5, 5.41) is 33.2. The van der Waals surface area contributed by atoms with Crippen molar-refractivity contribution < 1.29 is 38.9 Å². The monoisotopic (exact) mass is 470 g/mol. The number of fused-ring (bicyclic) bond motifs is 6. The number of aliphatic carboxylic acids is 1. The highest BCUT2D eigenvalue weighted by molar-refractivity contribution is 6.04. The van der Waals surface area contributed by atoms with Crippen LogP contribution in [0.3, 0.4) is 0 Å². The summed E-state index contributed by atoms with van der Waals surface area (Å²) in [6, 6.07) is 1.72. The van der Waals surface area contributed by atoms with Crippen molar-refractivity contribution >= 4 is 17.7 Å². The molecule has 2 bridgehead atoms. The Kier molecular flexibility index (Phi) is 4.61. The second kappa shape index (κ2) is 6.84. The molecule has 4 aliphatic rings. The Hall–Kier alpha value is -2.87. The van der Waals surface area contributed by atoms with Crippen LogP contribution in [0.1, 0.15) is 65.0 Å². The summed E-state index contributed by atoms with van der Waals surface area (Å²) in [5.41, 5.74) is -3.31. The second-order valence-corrected chi connectivity index (χ2v) is 11.4. The summed E-state index contributed by atoms with van der Waals surface area (Å²) in [6.45, 7) is 7.16. The van der Waals surface area contributed by atoms with Gasteiger partial charge in [0.2, 0.25) is 0 Å². The number of aliphatic hydroxyl groups is 2. The minimum Gasteiger partial charge on any atom is -0.511 e. The summed E-state index contributed by atoms with van der Waals surface area (Å²) >= 11 is 0. The molecule has 1 aliphatic heterocycles. The number of hydrogen-bond donors (Lipinski definition) is 3. The van der Waals surface area contributed by atoms with Crippen molar-refractivity contribution in [3.63, 3.8) is 0 Å². The van der Waals surface area contributed by atoms with E-state index in [0.717, 1.165) is 0 Å². The molecule has 6 atom stereocenters. The summed E-state index contributed by atoms with van der Waals surface area (Å²) in [5.74, 6) is -3.51. The first-order chi connectivity index (χ1) is 15.8. The average Bonchev–Trinajstić information content (AvgIpc) is 3.28. The Morgan fingerprint density at radius 1 is 1.21 bits per heavy atom. The lowest BCUT2D eigenvalue weighted by Crippen LogP contribution is -2.67. The fraction of sp³-hybridized carbons (Fsp3) is 0.577. The van der Waals surface area contributed by atoms with Gasteiger partial charge in [-0.2, -0.15) is 0 Å². The third-order valence-corrected chi connectivity index (χ3v) is 9.33. The van der Waals surface area contributed by atoms with Crippen LogP contribution in [-0.2, 0) is 19.1 Å². The molecule has 3 N–H and O–H groups in total. The summed E-state index contributed by atoms with van der Waals surface area (Å²) in [6.07, 6.45) is 4.15. The molecule has 0 aromatic carbocycles. The van der Waals surface area contributed by atoms with Crippen molar-refractivity contribution in [2.45, 2.75) is 65.1 Å². The van der Waals surface area contributed by atoms with E-state index in [0.29, 0.717) is 24.0 Å². The van der Waals surface area contributed by atoms with E-state index >= 15 is 0 Å². The molecule has 8 nitrogen and oxygen atoms in total. The maximum Gasteiger partial charge on any atom is 0.331 e. The number of ketones is 1. The summed E-state index contributed by atoms with van der Waals surface area (Å²) in [7, 11) is 0. The lowest BCUT2D eigenvalue weighted by atomic mass is 9.40. The predicted molar refractivity (Wildman–Crippen MR) is 118 cm³/mol. The van der Waals surface area contributed by atoms with Gasteiger partial charge in [0.1, 0.15) is 11.9 Å². The molecular formula is C26H30O8. The Balaban J connectivity index is 1.72. The van der Waals surface area contributed by atoms with Crippen molar-refractivity contribution in [1.82, 2.24) is 0 Å². The van der Waals surface area contributed by atoms with E-state index in [1.165, 1.54) is 18.6 Å². The number of cyclic esters (lactones) is 1. The number of Topliss-reactive ketones (excluding diaryl/α,β-unsaturated/α-hetero) is 1. The number of esters is 1. The van der Waals surface area contributed by atoms with Crippen molar-refractivity contribution in [3.8, 4) is 0 Å². The van der Waals surface area contributed by atoms with E-state index in [9.17, 15) is 29.7 Å². The largest absolute Gasteiger partial charge is 0.511 e. The Labute approximate surface area is 197 Å². The molecule has 0 spiro atoms. The van der Waals surface area contributed by atoms with Gasteiger partial charge in [-0.05, 0) is 30.4 Å². The topological polar surface area (TPSA) is 134 Å². The van der Waals surface area contributed by atoms with Gasteiger partial charge in [0.25, 0.3) is 0 Å². The SMILES string of the molecule is CC1(C)C(O)=C2C[C@@]3(O)C4=CC(=O)O[C@@H](c5ccoc5)[C@]4(C)CC[C@H]3[C@](C)(C2=O)[C@H]1CC(=O)O. The normalized spacial score (nSPS) is 40.7. The molecule has 2 saturated carbocycles. The van der Waals surface area contributed by atoms with E-state index in [2.05, 4.69) is 0 Å². The zero-order valence-electron chi connectivity index (χ0n) is 19.8. The smallest absolute Gasteiger partial charge is 0.331 e. The molecule has 34 heavy (non-hydrogen) atoms. The van der Waals surface area contributed by atoms with Crippen molar-refractivity contribution in [2.75, 3.05) is 0 Å². The molecule has 0 amide bonds. The average molecular weight is 471 g/mol. The molecule has 0 saturated heterocycles. The van der Waals surface area contributed by atoms with Crippen LogP contribution in [0, 0.1) is 28.1 Å². The third kappa shape index (κ3) is 2.66. The number of hydrogen-bond acceptors (Lipinski definition) is 7. The highest BCUT2D eigenvalue weighted by Gasteiger charge is 2.71.